The fourth-order valence-electron chi connectivity index (χ4n) is 1.76. The molecular weight excluding hydrogens is 278 g/mol. The second-order valence-corrected chi connectivity index (χ2v) is 4.73. The number of methoxy groups -OCH3 is 1. The molecule has 0 aromatic heterocycles. The summed E-state index contributed by atoms with van der Waals surface area (Å²) in [4.78, 5) is 12.1. The average molecular weight is 292 g/mol. The number of benzene rings is 2. The lowest BCUT2D eigenvalue weighted by Gasteiger charge is -2.09. The molecule has 5 heteroatoms. The van der Waals surface area contributed by atoms with E-state index < -0.39 is 0 Å². The number of halogens is 1. The normalized spacial score (nSPS) is 10.2. The molecule has 0 unspecified atom stereocenters. The van der Waals surface area contributed by atoms with Crippen molar-refractivity contribution in [2.24, 2.45) is 0 Å². The van der Waals surface area contributed by atoms with E-state index in [1.54, 1.807) is 18.2 Å². The fraction of sp³-hybridized carbons (Fsp3) is 0.133. The van der Waals surface area contributed by atoms with Crippen LogP contribution in [0.2, 0.25) is 5.02 Å². The Kier molecular flexibility index (Phi) is 4.15. The molecule has 20 heavy (non-hydrogen) atoms. The second kappa shape index (κ2) is 5.84. The number of hydrogen-bond donors (Lipinski definition) is 2. The fourth-order valence-corrected chi connectivity index (χ4v) is 1.93. The summed E-state index contributed by atoms with van der Waals surface area (Å²) in [7, 11) is 1.45. The number of aromatic hydroxyl groups is 1. The molecule has 104 valence electrons. The number of phenolic OH excluding ortho intramolecular Hbond substituents is 1. The van der Waals surface area contributed by atoms with Gasteiger partial charge in [-0.25, -0.2) is 0 Å². The molecule has 0 saturated heterocycles. The highest BCUT2D eigenvalue weighted by atomic mass is 35.5. The van der Waals surface area contributed by atoms with Gasteiger partial charge in [0.05, 0.1) is 17.8 Å². The van der Waals surface area contributed by atoms with Crippen molar-refractivity contribution in [3.8, 4) is 11.5 Å². The lowest BCUT2D eigenvalue weighted by atomic mass is 10.1. The smallest absolute Gasteiger partial charge is 0.255 e. The summed E-state index contributed by atoms with van der Waals surface area (Å²) in [5.74, 6) is -0.124. The van der Waals surface area contributed by atoms with Gasteiger partial charge in [0.2, 0.25) is 0 Å². The number of nitrogens with one attached hydrogen (secondary N) is 1. The van der Waals surface area contributed by atoms with Crippen LogP contribution in [0.5, 0.6) is 11.5 Å². The third-order valence-electron chi connectivity index (χ3n) is 2.81. The Labute approximate surface area is 122 Å². The molecule has 0 aliphatic rings. The van der Waals surface area contributed by atoms with Gasteiger partial charge in [0.1, 0.15) is 0 Å². The molecule has 2 aromatic carbocycles. The van der Waals surface area contributed by atoms with Gasteiger partial charge in [-0.1, -0.05) is 17.7 Å². The number of rotatable bonds is 3. The first kappa shape index (κ1) is 14.2. The Hall–Kier alpha value is -2.20. The quantitative estimate of drug-likeness (QED) is 0.908. The van der Waals surface area contributed by atoms with Crippen molar-refractivity contribution >= 4 is 23.2 Å². The summed E-state index contributed by atoms with van der Waals surface area (Å²) in [6.07, 6.45) is 0. The zero-order chi connectivity index (χ0) is 14.7. The Balaban J connectivity index is 2.24. The predicted octanol–water partition coefficient (Wildman–Crippen LogP) is 3.61. The average Bonchev–Trinajstić information content (AvgIpc) is 2.42. The van der Waals surface area contributed by atoms with Crippen molar-refractivity contribution in [1.82, 2.24) is 0 Å². The van der Waals surface area contributed by atoms with Crippen LogP contribution in [-0.4, -0.2) is 18.1 Å². The maximum Gasteiger partial charge on any atom is 0.255 e. The lowest BCUT2D eigenvalue weighted by molar-refractivity contribution is 0.102. The van der Waals surface area contributed by atoms with Crippen LogP contribution >= 0.6 is 11.6 Å². The van der Waals surface area contributed by atoms with Gasteiger partial charge in [0.25, 0.3) is 5.91 Å². The van der Waals surface area contributed by atoms with Crippen LogP contribution in [-0.2, 0) is 0 Å². The van der Waals surface area contributed by atoms with E-state index in [0.717, 1.165) is 5.56 Å². The minimum Gasteiger partial charge on any atom is -0.504 e. The Morgan fingerprint density at radius 3 is 2.65 bits per heavy atom. The van der Waals surface area contributed by atoms with Crippen molar-refractivity contribution in [3.63, 3.8) is 0 Å². The first-order valence-electron chi connectivity index (χ1n) is 5.96. The molecule has 2 aromatic rings. The van der Waals surface area contributed by atoms with Crippen molar-refractivity contribution < 1.29 is 14.6 Å². The third-order valence-corrected chi connectivity index (χ3v) is 3.14. The van der Waals surface area contributed by atoms with Gasteiger partial charge in [-0.15, -0.1) is 0 Å². The summed E-state index contributed by atoms with van der Waals surface area (Å²) >= 11 is 6.02. The van der Waals surface area contributed by atoms with Gasteiger partial charge in [-0.2, -0.15) is 0 Å². The van der Waals surface area contributed by atoms with Gasteiger partial charge < -0.3 is 15.2 Å². The first-order valence-corrected chi connectivity index (χ1v) is 6.33. The summed E-state index contributed by atoms with van der Waals surface area (Å²) in [5.41, 5.74) is 1.84. The number of carbonyl (C=O) groups is 1. The topological polar surface area (TPSA) is 58.6 Å². The number of aryl methyl sites for hydroxylation is 1. The predicted molar refractivity (Wildman–Crippen MR) is 78.8 cm³/mol. The third kappa shape index (κ3) is 3.03. The zero-order valence-electron chi connectivity index (χ0n) is 11.1. The molecule has 0 radical (unpaired) electrons. The van der Waals surface area contributed by atoms with Gasteiger partial charge >= 0.3 is 0 Å². The Morgan fingerprint density at radius 2 is 2.00 bits per heavy atom. The minimum absolute atomic E-state index is 0.0875. The van der Waals surface area contributed by atoms with Crippen LogP contribution in [0.1, 0.15) is 15.9 Å². The van der Waals surface area contributed by atoms with Gasteiger partial charge in [0.15, 0.2) is 11.5 Å². The molecule has 2 rings (SSSR count). The maximum atomic E-state index is 12.1. The number of carbonyl (C=O) groups excluding carboxylic acids is 1. The zero-order valence-corrected chi connectivity index (χ0v) is 11.9. The van der Waals surface area contributed by atoms with Crippen LogP contribution < -0.4 is 10.1 Å². The van der Waals surface area contributed by atoms with E-state index in [0.29, 0.717) is 22.0 Å². The van der Waals surface area contributed by atoms with Crippen LogP contribution in [0.15, 0.2) is 36.4 Å². The number of anilines is 1. The largest absolute Gasteiger partial charge is 0.504 e. The van der Waals surface area contributed by atoms with Crippen LogP contribution in [0.3, 0.4) is 0 Å². The van der Waals surface area contributed by atoms with Crippen LogP contribution in [0, 0.1) is 6.92 Å². The summed E-state index contributed by atoms with van der Waals surface area (Å²) in [5, 5.41) is 12.8. The highest BCUT2D eigenvalue weighted by Gasteiger charge is 2.11. The van der Waals surface area contributed by atoms with E-state index in [4.69, 9.17) is 16.3 Å². The van der Waals surface area contributed by atoms with E-state index in [9.17, 15) is 9.90 Å². The van der Waals surface area contributed by atoms with Crippen molar-refractivity contribution in [3.05, 3.63) is 52.5 Å². The van der Waals surface area contributed by atoms with Crippen LogP contribution in [0.4, 0.5) is 5.69 Å². The Morgan fingerprint density at radius 1 is 1.25 bits per heavy atom. The van der Waals surface area contributed by atoms with E-state index in [1.165, 1.54) is 19.2 Å². The van der Waals surface area contributed by atoms with E-state index in [-0.39, 0.29) is 11.7 Å². The lowest BCUT2D eigenvalue weighted by Crippen LogP contribution is -2.12. The summed E-state index contributed by atoms with van der Waals surface area (Å²) < 4.78 is 4.93. The van der Waals surface area contributed by atoms with Crippen molar-refractivity contribution in [2.45, 2.75) is 6.92 Å². The van der Waals surface area contributed by atoms with Crippen LogP contribution in [0.25, 0.3) is 0 Å². The van der Waals surface area contributed by atoms with Crippen molar-refractivity contribution in [2.75, 3.05) is 12.4 Å². The Bertz CT molecular complexity index is 656. The second-order valence-electron chi connectivity index (χ2n) is 4.32. The molecule has 0 aliphatic heterocycles. The first-order chi connectivity index (χ1) is 9.51. The molecule has 0 heterocycles. The molecule has 0 saturated carbocycles. The van der Waals surface area contributed by atoms with Gasteiger partial charge in [0, 0.05) is 5.56 Å². The van der Waals surface area contributed by atoms with E-state index >= 15 is 0 Å². The molecule has 0 spiro atoms. The SMILES string of the molecule is COc1ccc(C(=O)Nc2cc(C)ccc2Cl)cc1O. The van der Waals surface area contributed by atoms with Gasteiger partial charge in [-0.05, 0) is 42.8 Å². The number of hydrogen-bond acceptors (Lipinski definition) is 3. The standard InChI is InChI=1S/C15H14ClNO3/c1-9-3-5-11(16)12(7-9)17-15(19)10-4-6-14(20-2)13(18)8-10/h3-8,18H,1-2H3,(H,17,19). The van der Waals surface area contributed by atoms with Crippen molar-refractivity contribution in [1.29, 1.82) is 0 Å². The highest BCUT2D eigenvalue weighted by molar-refractivity contribution is 6.34. The van der Waals surface area contributed by atoms with E-state index in [1.807, 2.05) is 13.0 Å². The number of amides is 1. The molecule has 0 bridgehead atoms. The minimum atomic E-state index is -0.351. The molecule has 1 amide bonds. The van der Waals surface area contributed by atoms with Gasteiger partial charge in [-0.3, -0.25) is 4.79 Å². The summed E-state index contributed by atoms with van der Waals surface area (Å²) in [6, 6.07) is 9.80. The summed E-state index contributed by atoms with van der Waals surface area (Å²) in [6.45, 7) is 1.91. The maximum absolute atomic E-state index is 12.1. The highest BCUT2D eigenvalue weighted by Crippen LogP contribution is 2.27. The molecule has 4 nitrogen and oxygen atoms in total. The number of ether oxygens (including phenoxy) is 1. The molecular formula is C15H14ClNO3. The van der Waals surface area contributed by atoms with E-state index in [2.05, 4.69) is 5.32 Å². The molecule has 2 N–H and O–H groups in total. The monoisotopic (exact) mass is 291 g/mol. The molecule has 0 atom stereocenters. The number of phenols is 1. The molecule has 0 fully saturated rings. The molecule has 0 aliphatic carbocycles.